The minimum Gasteiger partial charge on any atom is -0.456 e. The Bertz CT molecular complexity index is 2550. The van der Waals surface area contributed by atoms with Crippen LogP contribution in [0.15, 0.2) is 138 Å². The zero-order chi connectivity index (χ0) is 29.9. The number of hydrogen-bond acceptors (Lipinski definition) is 2. The van der Waals surface area contributed by atoms with E-state index < -0.39 is 0 Å². The number of fused-ring (bicyclic) bond motifs is 8. The summed E-state index contributed by atoms with van der Waals surface area (Å²) in [6.45, 7) is 4.68. The molecule has 45 heavy (non-hydrogen) atoms. The van der Waals surface area contributed by atoms with Gasteiger partial charge in [0.25, 0.3) is 0 Å². The Morgan fingerprint density at radius 2 is 1.11 bits per heavy atom. The second kappa shape index (κ2) is 8.74. The molecule has 2 heterocycles. The van der Waals surface area contributed by atoms with E-state index in [0.717, 1.165) is 44.4 Å². The molecule has 2 nitrogen and oxygen atoms in total. The highest BCUT2D eigenvalue weighted by Crippen LogP contribution is 2.54. The van der Waals surface area contributed by atoms with Crippen molar-refractivity contribution in [3.05, 3.63) is 145 Å². The molecule has 10 rings (SSSR count). The van der Waals surface area contributed by atoms with Crippen LogP contribution in [-0.2, 0) is 5.41 Å². The van der Waals surface area contributed by atoms with Crippen LogP contribution in [0.25, 0.3) is 77.2 Å². The summed E-state index contributed by atoms with van der Waals surface area (Å²) in [4.78, 5) is 0. The van der Waals surface area contributed by atoms with Gasteiger partial charge >= 0.3 is 0 Å². The van der Waals surface area contributed by atoms with E-state index in [2.05, 4.69) is 135 Å². The molecule has 0 atom stereocenters. The van der Waals surface area contributed by atoms with Crippen LogP contribution >= 0.6 is 0 Å². The molecule has 1 aliphatic heterocycles. The molecule has 0 fully saturated rings. The van der Waals surface area contributed by atoms with E-state index in [1.54, 1.807) is 0 Å². The molecule has 1 aliphatic carbocycles. The standard InChI is InChI=1S/C43H28O2/c1-43(2)34-16-5-3-10-31(34)40-26(12-8-17-35(40)43)25-20-22-37-33(24-25)30-14-7-13-28-27(21-23-39(45-37)41(28)30)29-15-9-19-38-42(29)32-11-4-6-18-36(32)44-38/h3-24H,1-2H3. The summed E-state index contributed by atoms with van der Waals surface area (Å²) >= 11 is 0. The second-order valence-electron chi connectivity index (χ2n) is 12.8. The van der Waals surface area contributed by atoms with Gasteiger partial charge in [0.1, 0.15) is 22.7 Å². The molecule has 0 N–H and O–H groups in total. The Hall–Kier alpha value is -5.60. The molecule has 0 amide bonds. The highest BCUT2D eigenvalue weighted by atomic mass is 16.5. The van der Waals surface area contributed by atoms with Gasteiger partial charge in [-0.3, -0.25) is 0 Å². The monoisotopic (exact) mass is 576 g/mol. The lowest BCUT2D eigenvalue weighted by Crippen LogP contribution is -2.14. The van der Waals surface area contributed by atoms with Crippen LogP contribution in [0.2, 0.25) is 0 Å². The summed E-state index contributed by atoms with van der Waals surface area (Å²) < 4.78 is 12.9. The lowest BCUT2D eigenvalue weighted by molar-refractivity contribution is 0.487. The highest BCUT2D eigenvalue weighted by molar-refractivity contribution is 6.17. The van der Waals surface area contributed by atoms with Crippen molar-refractivity contribution in [3.8, 4) is 56.0 Å². The van der Waals surface area contributed by atoms with Gasteiger partial charge in [0.05, 0.1) is 0 Å². The third kappa shape index (κ3) is 3.29. The maximum absolute atomic E-state index is 6.64. The topological polar surface area (TPSA) is 22.4 Å². The van der Waals surface area contributed by atoms with Crippen LogP contribution < -0.4 is 4.74 Å². The first kappa shape index (κ1) is 24.8. The highest BCUT2D eigenvalue weighted by Gasteiger charge is 2.36. The molecular formula is C43H28O2. The average molecular weight is 577 g/mol. The molecule has 1 aromatic heterocycles. The van der Waals surface area contributed by atoms with Crippen LogP contribution in [0, 0.1) is 0 Å². The van der Waals surface area contributed by atoms with E-state index in [4.69, 9.17) is 9.15 Å². The molecule has 212 valence electrons. The molecule has 8 aromatic rings. The first-order chi connectivity index (χ1) is 22.1. The molecule has 0 radical (unpaired) electrons. The Balaban J connectivity index is 1.19. The second-order valence-corrected chi connectivity index (χ2v) is 12.8. The maximum atomic E-state index is 6.64. The van der Waals surface area contributed by atoms with Crippen LogP contribution in [0.1, 0.15) is 25.0 Å². The van der Waals surface area contributed by atoms with Crippen molar-refractivity contribution in [2.24, 2.45) is 0 Å². The molecule has 0 unspecified atom stereocenters. The first-order valence-corrected chi connectivity index (χ1v) is 15.6. The molecular weight excluding hydrogens is 548 g/mol. The maximum Gasteiger partial charge on any atom is 0.136 e. The summed E-state index contributed by atoms with van der Waals surface area (Å²) in [5.41, 5.74) is 14.4. The van der Waals surface area contributed by atoms with E-state index in [1.165, 1.54) is 55.5 Å². The third-order valence-corrected chi connectivity index (χ3v) is 10.1. The number of rotatable bonds is 2. The van der Waals surface area contributed by atoms with Crippen molar-refractivity contribution in [3.63, 3.8) is 0 Å². The van der Waals surface area contributed by atoms with E-state index in [0.29, 0.717) is 0 Å². The van der Waals surface area contributed by atoms with Gasteiger partial charge in [-0.25, -0.2) is 0 Å². The van der Waals surface area contributed by atoms with E-state index in [-0.39, 0.29) is 5.41 Å². The number of hydrogen-bond donors (Lipinski definition) is 0. The van der Waals surface area contributed by atoms with Crippen molar-refractivity contribution in [2.45, 2.75) is 19.3 Å². The number of ether oxygens (including phenoxy) is 1. The van der Waals surface area contributed by atoms with Gasteiger partial charge in [-0.05, 0) is 85.8 Å². The van der Waals surface area contributed by atoms with Crippen molar-refractivity contribution in [2.75, 3.05) is 0 Å². The Labute approximate surface area is 261 Å². The van der Waals surface area contributed by atoms with Gasteiger partial charge in [0.2, 0.25) is 0 Å². The molecule has 0 saturated heterocycles. The summed E-state index contributed by atoms with van der Waals surface area (Å²) in [6.07, 6.45) is 0. The minimum atomic E-state index is -0.0383. The first-order valence-electron chi connectivity index (χ1n) is 15.6. The Kier molecular flexibility index (Phi) is 4.82. The fourth-order valence-corrected chi connectivity index (χ4v) is 8.03. The van der Waals surface area contributed by atoms with Crippen LogP contribution in [0.3, 0.4) is 0 Å². The van der Waals surface area contributed by atoms with Gasteiger partial charge in [0, 0.05) is 27.1 Å². The molecule has 2 heteroatoms. The summed E-state index contributed by atoms with van der Waals surface area (Å²) in [5, 5.41) is 4.61. The van der Waals surface area contributed by atoms with Crippen molar-refractivity contribution >= 4 is 32.7 Å². The summed E-state index contributed by atoms with van der Waals surface area (Å²) in [6, 6.07) is 47.9. The normalized spacial score (nSPS) is 13.9. The van der Waals surface area contributed by atoms with E-state index in [9.17, 15) is 0 Å². The smallest absolute Gasteiger partial charge is 0.136 e. The predicted molar refractivity (Wildman–Crippen MR) is 185 cm³/mol. The lowest BCUT2D eigenvalue weighted by atomic mass is 9.82. The van der Waals surface area contributed by atoms with Gasteiger partial charge < -0.3 is 9.15 Å². The molecule has 2 aliphatic rings. The number of benzene rings is 7. The Morgan fingerprint density at radius 1 is 0.444 bits per heavy atom. The Morgan fingerprint density at radius 3 is 2.04 bits per heavy atom. The van der Waals surface area contributed by atoms with Crippen molar-refractivity contribution < 1.29 is 9.15 Å². The van der Waals surface area contributed by atoms with Crippen LogP contribution in [-0.4, -0.2) is 0 Å². The zero-order valence-corrected chi connectivity index (χ0v) is 25.0. The van der Waals surface area contributed by atoms with E-state index >= 15 is 0 Å². The van der Waals surface area contributed by atoms with Gasteiger partial charge in [-0.2, -0.15) is 0 Å². The van der Waals surface area contributed by atoms with Crippen molar-refractivity contribution in [1.82, 2.24) is 0 Å². The van der Waals surface area contributed by atoms with Crippen LogP contribution in [0.4, 0.5) is 0 Å². The van der Waals surface area contributed by atoms with Gasteiger partial charge in [0.15, 0.2) is 0 Å². The molecule has 0 saturated carbocycles. The third-order valence-electron chi connectivity index (χ3n) is 10.1. The number of para-hydroxylation sites is 1. The van der Waals surface area contributed by atoms with Crippen molar-refractivity contribution in [1.29, 1.82) is 0 Å². The zero-order valence-electron chi connectivity index (χ0n) is 25.0. The largest absolute Gasteiger partial charge is 0.456 e. The molecule has 7 aromatic carbocycles. The quantitative estimate of drug-likeness (QED) is 0.204. The van der Waals surface area contributed by atoms with E-state index in [1.807, 2.05) is 12.1 Å². The molecule has 0 bridgehead atoms. The molecule has 0 spiro atoms. The predicted octanol–water partition coefficient (Wildman–Crippen LogP) is 12.2. The fourth-order valence-electron chi connectivity index (χ4n) is 8.03. The lowest BCUT2D eigenvalue weighted by Gasteiger charge is -2.24. The SMILES string of the molecule is CC1(C)c2ccccc2-c2c(-c3ccc4c(c3)-c3cccc5c(-c6cccc7oc8ccccc8c67)ccc(c35)O4)cccc21. The fraction of sp³-hybridized carbons (Fsp3) is 0.0698. The van der Waals surface area contributed by atoms with Gasteiger partial charge in [-0.1, -0.05) is 117 Å². The minimum absolute atomic E-state index is 0.0383. The number of furan rings is 1. The summed E-state index contributed by atoms with van der Waals surface area (Å²) in [7, 11) is 0. The summed E-state index contributed by atoms with van der Waals surface area (Å²) in [5.74, 6) is 1.79. The average Bonchev–Trinajstić information content (AvgIpc) is 3.58. The van der Waals surface area contributed by atoms with Gasteiger partial charge in [-0.15, -0.1) is 0 Å². The van der Waals surface area contributed by atoms with Crippen LogP contribution in [0.5, 0.6) is 11.5 Å².